The van der Waals surface area contributed by atoms with Crippen molar-refractivity contribution >= 4 is 11.8 Å². The molecule has 0 amide bonds. The van der Waals surface area contributed by atoms with Crippen LogP contribution in [0.3, 0.4) is 0 Å². The van der Waals surface area contributed by atoms with Crippen LogP contribution in [0.25, 0.3) is 0 Å². The van der Waals surface area contributed by atoms with Crippen molar-refractivity contribution in [2.75, 3.05) is 51.7 Å². The molecule has 0 aromatic heterocycles. The Morgan fingerprint density at radius 1 is 0.905 bits per heavy atom. The van der Waals surface area contributed by atoms with Crippen molar-refractivity contribution in [1.82, 2.24) is 9.80 Å². The smallest absolute Gasteiger partial charge is 0.0473 e. The molecule has 0 bridgehead atoms. The van der Waals surface area contributed by atoms with Crippen molar-refractivity contribution in [1.29, 1.82) is 0 Å². The highest BCUT2D eigenvalue weighted by Gasteiger charge is 2.17. The van der Waals surface area contributed by atoms with Crippen molar-refractivity contribution in [3.8, 4) is 0 Å². The molecule has 1 fully saturated rings. The van der Waals surface area contributed by atoms with E-state index >= 15 is 0 Å². The molecule has 1 heterocycles. The van der Waals surface area contributed by atoms with E-state index in [1.807, 2.05) is 11.8 Å². The van der Waals surface area contributed by atoms with Crippen LogP contribution in [0.15, 0.2) is 0 Å². The predicted octanol–water partition coefficient (Wildman–Crippen LogP) is 3.34. The summed E-state index contributed by atoms with van der Waals surface area (Å²) in [5.74, 6) is 1.23. The molecule has 0 saturated carbocycles. The zero-order chi connectivity index (χ0) is 15.5. The summed E-state index contributed by atoms with van der Waals surface area (Å²) in [6.07, 6.45) is 3.68. The lowest BCUT2D eigenvalue weighted by Crippen LogP contribution is -2.48. The number of rotatable bonds is 11. The van der Waals surface area contributed by atoms with Gasteiger partial charge in [0, 0.05) is 45.4 Å². The summed E-state index contributed by atoms with van der Waals surface area (Å²) >= 11 is 2.03. The number of unbranched alkanes of at least 4 members (excludes halogenated alkanes) is 1. The van der Waals surface area contributed by atoms with Gasteiger partial charge in [-0.1, -0.05) is 13.8 Å². The van der Waals surface area contributed by atoms with Crippen LogP contribution in [-0.4, -0.2) is 72.8 Å². The minimum Gasteiger partial charge on any atom is -0.381 e. The quantitative estimate of drug-likeness (QED) is 0.543. The average molecular weight is 317 g/mol. The summed E-state index contributed by atoms with van der Waals surface area (Å²) in [6, 6.07) is 0.703. The second-order valence-electron chi connectivity index (χ2n) is 6.56. The molecule has 1 aliphatic heterocycles. The second-order valence-corrected chi connectivity index (χ2v) is 8.25. The first kappa shape index (κ1) is 19.3. The number of ether oxygens (including phenoxy) is 1. The lowest BCUT2D eigenvalue weighted by molar-refractivity contribution is 0.0993. The summed E-state index contributed by atoms with van der Waals surface area (Å²) in [7, 11) is 0. The van der Waals surface area contributed by atoms with Crippen LogP contribution in [0.5, 0.6) is 0 Å². The number of piperazine rings is 1. The number of thioether (sulfide) groups is 1. The fourth-order valence-corrected chi connectivity index (χ4v) is 3.38. The van der Waals surface area contributed by atoms with Gasteiger partial charge in [-0.3, -0.25) is 4.90 Å². The Bertz CT molecular complexity index is 241. The van der Waals surface area contributed by atoms with Gasteiger partial charge in [0.15, 0.2) is 0 Å². The Hall–Kier alpha value is 0.230. The average Bonchev–Trinajstić information content (AvgIpc) is 2.45. The third kappa shape index (κ3) is 9.77. The molecule has 1 saturated heterocycles. The largest absolute Gasteiger partial charge is 0.381 e. The van der Waals surface area contributed by atoms with Gasteiger partial charge in [0.2, 0.25) is 0 Å². The summed E-state index contributed by atoms with van der Waals surface area (Å²) in [5.41, 5.74) is 0. The molecule has 21 heavy (non-hydrogen) atoms. The maximum absolute atomic E-state index is 5.71. The highest BCUT2D eigenvalue weighted by atomic mass is 32.2. The molecule has 0 N–H and O–H groups in total. The van der Waals surface area contributed by atoms with Gasteiger partial charge in [-0.25, -0.2) is 0 Å². The first-order valence-corrected chi connectivity index (χ1v) is 9.80. The lowest BCUT2D eigenvalue weighted by atomic mass is 10.2. The minimum atomic E-state index is 0.703. The van der Waals surface area contributed by atoms with Gasteiger partial charge in [0.25, 0.3) is 0 Å². The zero-order valence-electron chi connectivity index (χ0n) is 14.6. The normalized spacial score (nSPS) is 18.0. The van der Waals surface area contributed by atoms with Gasteiger partial charge in [0.1, 0.15) is 0 Å². The van der Waals surface area contributed by atoms with Gasteiger partial charge in [-0.15, -0.1) is 0 Å². The van der Waals surface area contributed by atoms with Crippen molar-refractivity contribution in [2.24, 2.45) is 0 Å². The molecular formula is C17H36N2OS. The summed E-state index contributed by atoms with van der Waals surface area (Å²) < 4.78 is 5.71. The molecule has 0 atom stereocenters. The van der Waals surface area contributed by atoms with E-state index in [1.54, 1.807) is 0 Å². The fourth-order valence-electron chi connectivity index (χ4n) is 2.62. The Balaban J connectivity index is 1.85. The molecule has 0 unspecified atom stereocenters. The molecule has 0 spiro atoms. The van der Waals surface area contributed by atoms with E-state index in [0.29, 0.717) is 6.04 Å². The van der Waals surface area contributed by atoms with Crippen LogP contribution in [0.1, 0.15) is 47.0 Å². The summed E-state index contributed by atoms with van der Waals surface area (Å²) in [6.45, 7) is 17.2. The molecule has 0 aliphatic carbocycles. The molecule has 1 aliphatic rings. The maximum Gasteiger partial charge on any atom is 0.0473 e. The van der Waals surface area contributed by atoms with Crippen LogP contribution in [0.4, 0.5) is 0 Å². The van der Waals surface area contributed by atoms with E-state index in [4.69, 9.17) is 4.74 Å². The first-order valence-electron chi connectivity index (χ1n) is 8.75. The van der Waals surface area contributed by atoms with Crippen molar-refractivity contribution in [2.45, 2.75) is 58.2 Å². The molecular weight excluding hydrogens is 280 g/mol. The Morgan fingerprint density at radius 2 is 1.57 bits per heavy atom. The Morgan fingerprint density at radius 3 is 2.19 bits per heavy atom. The number of hydrogen-bond donors (Lipinski definition) is 0. The van der Waals surface area contributed by atoms with Gasteiger partial charge in [-0.05, 0) is 50.7 Å². The Kier molecular flexibility index (Phi) is 10.8. The standard InChI is InChI=1S/C17H36N2OS/c1-16(2)19-11-9-18(10-12-19)8-5-6-13-20-14-7-15-21-17(3)4/h16-17H,5-15H2,1-4H3. The van der Waals surface area contributed by atoms with E-state index in [1.165, 1.54) is 57.7 Å². The molecule has 0 aromatic carbocycles. The summed E-state index contributed by atoms with van der Waals surface area (Å²) in [4.78, 5) is 5.19. The molecule has 1 rings (SSSR count). The van der Waals surface area contributed by atoms with Gasteiger partial charge in [0.05, 0.1) is 0 Å². The number of hydrogen-bond acceptors (Lipinski definition) is 4. The lowest BCUT2D eigenvalue weighted by Gasteiger charge is -2.36. The third-order valence-corrected chi connectivity index (χ3v) is 5.23. The van der Waals surface area contributed by atoms with Gasteiger partial charge >= 0.3 is 0 Å². The molecule has 3 nitrogen and oxygen atoms in total. The zero-order valence-corrected chi connectivity index (χ0v) is 15.5. The highest BCUT2D eigenvalue weighted by Crippen LogP contribution is 2.10. The monoisotopic (exact) mass is 316 g/mol. The predicted molar refractivity (Wildman–Crippen MR) is 95.4 cm³/mol. The van der Waals surface area contributed by atoms with E-state index in [2.05, 4.69) is 37.5 Å². The molecule has 4 heteroatoms. The third-order valence-electron chi connectivity index (χ3n) is 4.03. The Labute approximate surface area is 136 Å². The van der Waals surface area contributed by atoms with Gasteiger partial charge in [-0.2, -0.15) is 11.8 Å². The van der Waals surface area contributed by atoms with Gasteiger partial charge < -0.3 is 9.64 Å². The number of nitrogens with zero attached hydrogens (tertiary/aromatic N) is 2. The molecule has 0 radical (unpaired) electrons. The van der Waals surface area contributed by atoms with Crippen LogP contribution in [-0.2, 0) is 4.74 Å². The maximum atomic E-state index is 5.71. The fraction of sp³-hybridized carbons (Fsp3) is 1.00. The van der Waals surface area contributed by atoms with E-state index < -0.39 is 0 Å². The van der Waals surface area contributed by atoms with Crippen molar-refractivity contribution in [3.05, 3.63) is 0 Å². The van der Waals surface area contributed by atoms with Crippen LogP contribution in [0.2, 0.25) is 0 Å². The minimum absolute atomic E-state index is 0.703. The SMILES string of the molecule is CC(C)SCCCOCCCCN1CCN(C(C)C)CC1. The molecule has 0 aromatic rings. The van der Waals surface area contributed by atoms with Crippen LogP contribution >= 0.6 is 11.8 Å². The summed E-state index contributed by atoms with van der Waals surface area (Å²) in [5, 5.41) is 0.751. The van der Waals surface area contributed by atoms with Crippen LogP contribution < -0.4 is 0 Å². The van der Waals surface area contributed by atoms with Crippen molar-refractivity contribution < 1.29 is 4.74 Å². The second kappa shape index (κ2) is 11.8. The first-order chi connectivity index (χ1) is 10.1. The van der Waals surface area contributed by atoms with Crippen molar-refractivity contribution in [3.63, 3.8) is 0 Å². The van der Waals surface area contributed by atoms with E-state index in [9.17, 15) is 0 Å². The highest BCUT2D eigenvalue weighted by molar-refractivity contribution is 7.99. The van der Waals surface area contributed by atoms with E-state index in [-0.39, 0.29) is 0 Å². The molecule has 126 valence electrons. The van der Waals surface area contributed by atoms with E-state index in [0.717, 1.165) is 18.5 Å². The topological polar surface area (TPSA) is 15.7 Å². The van der Waals surface area contributed by atoms with Crippen LogP contribution in [0, 0.1) is 0 Å².